The lowest BCUT2D eigenvalue weighted by molar-refractivity contribution is 0.212. The van der Waals surface area contributed by atoms with Crippen LogP contribution >= 0.6 is 23.7 Å². The van der Waals surface area contributed by atoms with Crippen LogP contribution in [-0.2, 0) is 6.54 Å². The summed E-state index contributed by atoms with van der Waals surface area (Å²) in [5, 5.41) is 0. The minimum Gasteiger partial charge on any atom is -0.497 e. The molecular formula is C24H26ClN5O4S. The summed E-state index contributed by atoms with van der Waals surface area (Å²) in [6.45, 7) is 4.04. The van der Waals surface area contributed by atoms with Gasteiger partial charge in [-0.05, 0) is 37.6 Å². The van der Waals surface area contributed by atoms with E-state index in [0.717, 1.165) is 50.6 Å². The minimum atomic E-state index is -0.391. The first-order valence-corrected chi connectivity index (χ1v) is 12.3. The van der Waals surface area contributed by atoms with Crippen LogP contribution in [0.25, 0.3) is 20.6 Å². The molecule has 4 aromatic rings. The van der Waals surface area contributed by atoms with E-state index in [-0.39, 0.29) is 18.0 Å². The predicted molar refractivity (Wildman–Crippen MR) is 137 cm³/mol. The van der Waals surface area contributed by atoms with E-state index < -0.39 is 5.69 Å². The molecular weight excluding hydrogens is 490 g/mol. The van der Waals surface area contributed by atoms with Gasteiger partial charge >= 0.3 is 5.69 Å². The number of hydrogen-bond donors (Lipinski definition) is 1. The molecule has 2 aliphatic heterocycles. The van der Waals surface area contributed by atoms with E-state index in [4.69, 9.17) is 9.47 Å². The molecule has 0 saturated carbocycles. The second-order valence-electron chi connectivity index (χ2n) is 8.95. The van der Waals surface area contributed by atoms with Crippen molar-refractivity contribution >= 4 is 44.3 Å². The van der Waals surface area contributed by atoms with Crippen LogP contribution in [-0.4, -0.2) is 57.8 Å². The first-order valence-electron chi connectivity index (χ1n) is 11.5. The number of hydrogen-bond acceptors (Lipinski definition) is 8. The number of fused-ring (bicyclic) bond motifs is 6. The van der Waals surface area contributed by atoms with Crippen LogP contribution in [0.3, 0.4) is 0 Å². The van der Waals surface area contributed by atoms with Gasteiger partial charge in [0.1, 0.15) is 26.5 Å². The molecule has 3 aromatic heterocycles. The van der Waals surface area contributed by atoms with Crippen LogP contribution in [0.2, 0.25) is 0 Å². The Morgan fingerprint density at radius 2 is 2.00 bits per heavy atom. The Bertz CT molecular complexity index is 1500. The van der Waals surface area contributed by atoms with Gasteiger partial charge in [-0.1, -0.05) is 0 Å². The van der Waals surface area contributed by atoms with Crippen LogP contribution in [0.15, 0.2) is 40.2 Å². The van der Waals surface area contributed by atoms with E-state index >= 15 is 0 Å². The summed E-state index contributed by atoms with van der Waals surface area (Å²) >= 11 is 1.27. The molecule has 1 saturated heterocycles. The number of nitrogens with one attached hydrogen (secondary N) is 1. The third kappa shape index (κ3) is 4.19. The standard InChI is InChI=1S/C24H25N5O4S.ClH/c1-32-15-4-5-18-16(10-15)17-12-28(11-14(17)13-33-18)8-2-3-9-29-23(30)21-19(27-24(29)31)20-22(34-21)26-7-6-25-20;/h4-7,10,14,17H,2-3,8-9,11-13H2,1H3,(H,27,31);1H/t14-,17-;/m1./s1. The topological polar surface area (TPSA) is 102 Å². The Morgan fingerprint density at radius 1 is 1.17 bits per heavy atom. The monoisotopic (exact) mass is 515 g/mol. The van der Waals surface area contributed by atoms with Crippen molar-refractivity contribution in [2.75, 3.05) is 33.4 Å². The molecule has 6 rings (SSSR count). The summed E-state index contributed by atoms with van der Waals surface area (Å²) in [4.78, 5) is 40.1. The highest BCUT2D eigenvalue weighted by Crippen LogP contribution is 2.43. The zero-order valence-corrected chi connectivity index (χ0v) is 20.9. The van der Waals surface area contributed by atoms with Gasteiger partial charge in [0.05, 0.1) is 19.2 Å². The quantitative estimate of drug-likeness (QED) is 0.394. The number of H-pyrrole nitrogens is 1. The number of halogens is 1. The van der Waals surface area contributed by atoms with E-state index in [2.05, 4.69) is 25.9 Å². The molecule has 1 aromatic carbocycles. The molecule has 2 atom stereocenters. The minimum absolute atomic E-state index is 0. The van der Waals surface area contributed by atoms with Crippen LogP contribution in [0.5, 0.6) is 11.5 Å². The fourth-order valence-electron chi connectivity index (χ4n) is 5.23. The lowest BCUT2D eigenvalue weighted by Crippen LogP contribution is -2.34. The Morgan fingerprint density at radius 3 is 2.86 bits per heavy atom. The highest BCUT2D eigenvalue weighted by atomic mass is 35.5. The molecule has 9 nitrogen and oxygen atoms in total. The van der Waals surface area contributed by atoms with E-state index in [9.17, 15) is 9.59 Å². The first-order chi connectivity index (χ1) is 16.6. The molecule has 1 fully saturated rings. The van der Waals surface area contributed by atoms with Crippen LogP contribution in [0, 0.1) is 5.92 Å². The molecule has 35 heavy (non-hydrogen) atoms. The summed E-state index contributed by atoms with van der Waals surface area (Å²) in [6, 6.07) is 6.05. The smallest absolute Gasteiger partial charge is 0.328 e. The highest BCUT2D eigenvalue weighted by Gasteiger charge is 2.38. The van der Waals surface area contributed by atoms with Crippen molar-refractivity contribution < 1.29 is 9.47 Å². The molecule has 0 unspecified atom stereocenters. The van der Waals surface area contributed by atoms with Crippen molar-refractivity contribution in [1.29, 1.82) is 0 Å². The number of ether oxygens (including phenoxy) is 2. The lowest BCUT2D eigenvalue weighted by atomic mass is 9.87. The number of unbranched alkanes of at least 4 members (excludes halogenated alkanes) is 1. The van der Waals surface area contributed by atoms with Crippen LogP contribution in [0.1, 0.15) is 24.3 Å². The van der Waals surface area contributed by atoms with E-state index in [1.807, 2.05) is 12.1 Å². The normalized spacial score (nSPS) is 19.2. The van der Waals surface area contributed by atoms with E-state index in [1.54, 1.807) is 19.5 Å². The Balaban J connectivity index is 0.00000253. The van der Waals surface area contributed by atoms with Crippen molar-refractivity contribution in [2.45, 2.75) is 25.3 Å². The maximum Gasteiger partial charge on any atom is 0.328 e. The van der Waals surface area contributed by atoms with Gasteiger partial charge in [0.2, 0.25) is 0 Å². The zero-order valence-electron chi connectivity index (χ0n) is 19.2. The summed E-state index contributed by atoms with van der Waals surface area (Å²) in [5.41, 5.74) is 1.63. The van der Waals surface area contributed by atoms with Crippen molar-refractivity contribution in [3.63, 3.8) is 0 Å². The Hall–Kier alpha value is -2.95. The van der Waals surface area contributed by atoms with Crippen molar-refractivity contribution in [3.05, 3.63) is 57.0 Å². The second kappa shape index (κ2) is 9.60. The summed E-state index contributed by atoms with van der Waals surface area (Å²) in [6.07, 6.45) is 4.81. The number of likely N-dealkylation sites (tertiary alicyclic amines) is 1. The molecule has 0 bridgehead atoms. The number of aromatic nitrogens is 4. The van der Waals surface area contributed by atoms with Crippen molar-refractivity contribution in [3.8, 4) is 11.5 Å². The SMILES string of the molecule is COc1ccc2c(c1)[C@@H]1CN(CCCCn3c(=O)[nH]c4c(sc5nccnc54)c3=O)C[C@@H]1CO2.Cl. The maximum atomic E-state index is 13.0. The molecule has 0 spiro atoms. The molecule has 0 amide bonds. The van der Waals surface area contributed by atoms with E-state index in [0.29, 0.717) is 38.9 Å². The van der Waals surface area contributed by atoms with Gasteiger partial charge in [0.15, 0.2) is 0 Å². The van der Waals surface area contributed by atoms with Gasteiger partial charge in [-0.25, -0.2) is 14.8 Å². The predicted octanol–water partition coefficient (Wildman–Crippen LogP) is 3.01. The zero-order chi connectivity index (χ0) is 23.2. The maximum absolute atomic E-state index is 13.0. The fraction of sp³-hybridized carbons (Fsp3) is 0.417. The molecule has 1 N–H and O–H groups in total. The van der Waals surface area contributed by atoms with Gasteiger partial charge in [-0.15, -0.1) is 23.7 Å². The molecule has 0 aliphatic carbocycles. The largest absolute Gasteiger partial charge is 0.497 e. The number of benzene rings is 1. The van der Waals surface area contributed by atoms with Gasteiger partial charge in [0.25, 0.3) is 5.56 Å². The number of methoxy groups -OCH3 is 1. The summed E-state index contributed by atoms with van der Waals surface area (Å²) in [7, 11) is 1.69. The number of aromatic amines is 1. The van der Waals surface area contributed by atoms with Gasteiger partial charge < -0.3 is 19.4 Å². The van der Waals surface area contributed by atoms with Gasteiger partial charge in [0, 0.05) is 49.4 Å². The van der Waals surface area contributed by atoms with Crippen LogP contribution in [0.4, 0.5) is 0 Å². The molecule has 5 heterocycles. The second-order valence-corrected chi connectivity index (χ2v) is 9.95. The van der Waals surface area contributed by atoms with Crippen molar-refractivity contribution in [1.82, 2.24) is 24.4 Å². The van der Waals surface area contributed by atoms with Crippen molar-refractivity contribution in [2.24, 2.45) is 5.92 Å². The van der Waals surface area contributed by atoms with E-state index in [1.165, 1.54) is 21.5 Å². The molecule has 2 aliphatic rings. The molecule has 0 radical (unpaired) electrons. The number of nitrogens with zero attached hydrogens (tertiary/aromatic N) is 4. The molecule has 11 heteroatoms. The van der Waals surface area contributed by atoms with Gasteiger partial charge in [-0.2, -0.15) is 0 Å². The number of thiophene rings is 1. The fourth-order valence-corrected chi connectivity index (χ4v) is 6.23. The third-order valence-corrected chi connectivity index (χ3v) is 8.01. The van der Waals surface area contributed by atoms with Gasteiger partial charge in [-0.3, -0.25) is 9.36 Å². The third-order valence-electron chi connectivity index (χ3n) is 6.94. The Kier molecular flexibility index (Phi) is 6.52. The highest BCUT2D eigenvalue weighted by molar-refractivity contribution is 7.25. The average molecular weight is 516 g/mol. The summed E-state index contributed by atoms with van der Waals surface area (Å²) in [5.74, 6) is 2.74. The summed E-state index contributed by atoms with van der Waals surface area (Å²) < 4.78 is 13.2. The average Bonchev–Trinajstić information content (AvgIpc) is 3.45. The lowest BCUT2D eigenvalue weighted by Gasteiger charge is -2.28. The Labute approximate surface area is 211 Å². The van der Waals surface area contributed by atoms with Crippen LogP contribution < -0.4 is 20.7 Å². The molecule has 184 valence electrons. The first kappa shape index (κ1) is 23.8. The number of rotatable bonds is 6.